The van der Waals surface area contributed by atoms with Crippen molar-refractivity contribution in [2.75, 3.05) is 6.26 Å². The third kappa shape index (κ3) is 2.78. The highest BCUT2D eigenvalue weighted by molar-refractivity contribution is 7.98. The number of aliphatic carboxylic acids is 1. The van der Waals surface area contributed by atoms with Crippen molar-refractivity contribution in [2.24, 2.45) is 0 Å². The van der Waals surface area contributed by atoms with Gasteiger partial charge < -0.3 is 5.11 Å². The first-order chi connectivity index (χ1) is 9.02. The van der Waals surface area contributed by atoms with Crippen LogP contribution < -0.4 is 5.69 Å². The predicted octanol–water partition coefficient (Wildman–Crippen LogP) is 1.90. The van der Waals surface area contributed by atoms with Crippen molar-refractivity contribution in [3.63, 3.8) is 0 Å². The molecule has 0 fully saturated rings. The van der Waals surface area contributed by atoms with Crippen LogP contribution in [-0.4, -0.2) is 26.9 Å². The summed E-state index contributed by atoms with van der Waals surface area (Å²) in [5, 5.41) is 9.62. The molecule has 19 heavy (non-hydrogen) atoms. The minimum absolute atomic E-state index is 0.0932. The summed E-state index contributed by atoms with van der Waals surface area (Å²) in [4.78, 5) is 27.6. The zero-order valence-corrected chi connectivity index (χ0v) is 11.5. The number of aryl methyl sites for hydroxylation is 2. The quantitative estimate of drug-likeness (QED) is 0.865. The second-order valence-electron chi connectivity index (χ2n) is 4.16. The first-order valence-electron chi connectivity index (χ1n) is 5.80. The number of hydrogen-bond acceptors (Lipinski definition) is 4. The van der Waals surface area contributed by atoms with Gasteiger partial charge in [-0.15, -0.1) is 11.8 Å². The van der Waals surface area contributed by atoms with Crippen LogP contribution in [0.1, 0.15) is 12.1 Å². The molecule has 0 unspecified atom stereocenters. The van der Waals surface area contributed by atoms with E-state index >= 15 is 0 Å². The highest BCUT2D eigenvalue weighted by atomic mass is 32.2. The van der Waals surface area contributed by atoms with Crippen LogP contribution in [0.3, 0.4) is 0 Å². The minimum Gasteiger partial charge on any atom is -0.481 e. The Kier molecular flexibility index (Phi) is 3.90. The van der Waals surface area contributed by atoms with E-state index in [9.17, 15) is 9.59 Å². The summed E-state index contributed by atoms with van der Waals surface area (Å²) in [6.07, 6.45) is 1.88. The lowest BCUT2D eigenvalue weighted by molar-refractivity contribution is -0.137. The first kappa shape index (κ1) is 13.6. The van der Waals surface area contributed by atoms with E-state index in [0.29, 0.717) is 5.69 Å². The summed E-state index contributed by atoms with van der Waals surface area (Å²) in [6, 6.07) is 5.74. The van der Waals surface area contributed by atoms with Crippen molar-refractivity contribution in [3.8, 4) is 0 Å². The monoisotopic (exact) mass is 278 g/mol. The molecule has 0 spiro atoms. The highest BCUT2D eigenvalue weighted by Gasteiger charge is 2.09. The van der Waals surface area contributed by atoms with Gasteiger partial charge in [-0.1, -0.05) is 0 Å². The molecule has 1 N–H and O–H groups in total. The SMILES string of the molecule is CSc1ccc2c(c1)c(C)nc(=O)n2CCC(=O)O. The van der Waals surface area contributed by atoms with Gasteiger partial charge in [0.1, 0.15) is 0 Å². The Balaban J connectivity index is 2.62. The third-order valence-electron chi connectivity index (χ3n) is 2.93. The second kappa shape index (κ2) is 5.44. The van der Waals surface area contributed by atoms with Gasteiger partial charge in [0.15, 0.2) is 0 Å². The topological polar surface area (TPSA) is 72.2 Å². The maximum absolute atomic E-state index is 11.9. The van der Waals surface area contributed by atoms with E-state index < -0.39 is 11.7 Å². The molecular weight excluding hydrogens is 264 g/mol. The van der Waals surface area contributed by atoms with Crippen LogP contribution in [-0.2, 0) is 11.3 Å². The maximum Gasteiger partial charge on any atom is 0.348 e. The molecule has 0 aliphatic heterocycles. The molecule has 0 saturated heterocycles. The van der Waals surface area contributed by atoms with E-state index in [1.807, 2.05) is 24.5 Å². The maximum atomic E-state index is 11.9. The molecule has 1 aromatic carbocycles. The molecule has 0 bridgehead atoms. The number of hydrogen-bond donors (Lipinski definition) is 1. The van der Waals surface area contributed by atoms with Crippen LogP contribution in [0, 0.1) is 6.92 Å². The Bertz CT molecular complexity index is 694. The van der Waals surface area contributed by atoms with Gasteiger partial charge in [-0.25, -0.2) is 4.79 Å². The van der Waals surface area contributed by atoms with E-state index in [4.69, 9.17) is 5.11 Å². The summed E-state index contributed by atoms with van der Waals surface area (Å²) in [7, 11) is 0. The standard InChI is InChI=1S/C13H14N2O3S/c1-8-10-7-9(19-2)3-4-11(10)15(13(18)14-8)6-5-12(16)17/h3-4,7H,5-6H2,1-2H3,(H,16,17). The Morgan fingerprint density at radius 3 is 2.84 bits per heavy atom. The van der Waals surface area contributed by atoms with Crippen LogP contribution in [0.4, 0.5) is 0 Å². The number of carboxylic acid groups (broad SMARTS) is 1. The molecule has 0 radical (unpaired) electrons. The Morgan fingerprint density at radius 2 is 2.21 bits per heavy atom. The van der Waals surface area contributed by atoms with Gasteiger partial charge in [-0.2, -0.15) is 4.98 Å². The predicted molar refractivity (Wildman–Crippen MR) is 74.8 cm³/mol. The average Bonchev–Trinajstić information content (AvgIpc) is 2.37. The van der Waals surface area contributed by atoms with Crippen molar-refractivity contribution in [2.45, 2.75) is 24.8 Å². The van der Waals surface area contributed by atoms with Crippen LogP contribution in [0.2, 0.25) is 0 Å². The summed E-state index contributed by atoms with van der Waals surface area (Å²) < 4.78 is 1.42. The van der Waals surface area contributed by atoms with Gasteiger partial charge in [0, 0.05) is 16.8 Å². The average molecular weight is 278 g/mol. The van der Waals surface area contributed by atoms with Crippen LogP contribution in [0.5, 0.6) is 0 Å². The van der Waals surface area contributed by atoms with Crippen molar-refractivity contribution in [1.29, 1.82) is 0 Å². The van der Waals surface area contributed by atoms with Crippen molar-refractivity contribution in [3.05, 3.63) is 34.4 Å². The fourth-order valence-corrected chi connectivity index (χ4v) is 2.40. The number of carboxylic acids is 1. The molecule has 0 aliphatic carbocycles. The zero-order chi connectivity index (χ0) is 14.0. The van der Waals surface area contributed by atoms with Crippen LogP contribution in [0.15, 0.2) is 27.9 Å². The van der Waals surface area contributed by atoms with Gasteiger partial charge in [0.05, 0.1) is 17.6 Å². The summed E-state index contributed by atoms with van der Waals surface area (Å²) in [6.45, 7) is 1.92. The van der Waals surface area contributed by atoms with Gasteiger partial charge in [0.2, 0.25) is 0 Å². The molecule has 2 rings (SSSR count). The first-order valence-corrected chi connectivity index (χ1v) is 7.02. The normalized spacial score (nSPS) is 10.8. The summed E-state index contributed by atoms with van der Waals surface area (Å²) in [5.74, 6) is -0.929. The molecule has 0 saturated carbocycles. The van der Waals surface area contributed by atoms with Gasteiger partial charge in [0.25, 0.3) is 0 Å². The molecule has 1 aromatic heterocycles. The molecule has 5 nitrogen and oxygen atoms in total. The molecule has 1 heterocycles. The number of carbonyl (C=O) groups is 1. The largest absolute Gasteiger partial charge is 0.481 e. The smallest absolute Gasteiger partial charge is 0.348 e. The number of thioether (sulfide) groups is 1. The fraction of sp³-hybridized carbons (Fsp3) is 0.308. The molecular formula is C13H14N2O3S. The zero-order valence-electron chi connectivity index (χ0n) is 10.7. The molecule has 100 valence electrons. The second-order valence-corrected chi connectivity index (χ2v) is 5.04. The molecule has 0 atom stereocenters. The molecule has 2 aromatic rings. The number of fused-ring (bicyclic) bond motifs is 1. The summed E-state index contributed by atoms with van der Waals surface area (Å²) >= 11 is 1.61. The minimum atomic E-state index is -0.929. The van der Waals surface area contributed by atoms with E-state index in [1.165, 1.54) is 4.57 Å². The van der Waals surface area contributed by atoms with Crippen molar-refractivity contribution >= 4 is 28.6 Å². The van der Waals surface area contributed by atoms with Gasteiger partial charge in [-0.05, 0) is 31.4 Å². The fourth-order valence-electron chi connectivity index (χ4n) is 1.96. The molecule has 0 amide bonds. The number of nitrogens with zero attached hydrogens (tertiary/aromatic N) is 2. The van der Waals surface area contributed by atoms with E-state index in [0.717, 1.165) is 15.8 Å². The lowest BCUT2D eigenvalue weighted by Gasteiger charge is -2.11. The van der Waals surface area contributed by atoms with Gasteiger partial charge >= 0.3 is 11.7 Å². The number of aromatic nitrogens is 2. The highest BCUT2D eigenvalue weighted by Crippen LogP contribution is 2.22. The van der Waals surface area contributed by atoms with E-state index in [2.05, 4.69) is 4.98 Å². The lowest BCUT2D eigenvalue weighted by atomic mass is 10.2. The van der Waals surface area contributed by atoms with Gasteiger partial charge in [-0.3, -0.25) is 9.36 Å². The Labute approximate surface area is 114 Å². The van der Waals surface area contributed by atoms with Crippen LogP contribution >= 0.6 is 11.8 Å². The van der Waals surface area contributed by atoms with Crippen molar-refractivity contribution < 1.29 is 9.90 Å². The lowest BCUT2D eigenvalue weighted by Crippen LogP contribution is -2.25. The van der Waals surface area contributed by atoms with Crippen LogP contribution in [0.25, 0.3) is 10.9 Å². The van der Waals surface area contributed by atoms with Crippen molar-refractivity contribution in [1.82, 2.24) is 9.55 Å². The summed E-state index contributed by atoms with van der Waals surface area (Å²) in [5.41, 5.74) is 1.00. The molecule has 6 heteroatoms. The Hall–Kier alpha value is -1.82. The van der Waals surface area contributed by atoms with E-state index in [1.54, 1.807) is 18.7 Å². The Morgan fingerprint density at radius 1 is 1.47 bits per heavy atom. The number of rotatable bonds is 4. The molecule has 0 aliphatic rings. The van der Waals surface area contributed by atoms with E-state index in [-0.39, 0.29) is 13.0 Å². The third-order valence-corrected chi connectivity index (χ3v) is 3.65. The number of benzene rings is 1.